The molecule has 94 valence electrons. The van der Waals surface area contributed by atoms with E-state index >= 15 is 0 Å². The third-order valence-corrected chi connectivity index (χ3v) is 2.62. The van der Waals surface area contributed by atoms with Crippen LogP contribution in [0.1, 0.15) is 5.56 Å². The maximum absolute atomic E-state index is 5.57. The quantitative estimate of drug-likeness (QED) is 0.723. The van der Waals surface area contributed by atoms with E-state index < -0.39 is 0 Å². The van der Waals surface area contributed by atoms with E-state index in [0.717, 1.165) is 25.5 Å². The molecule has 4 heteroatoms. The van der Waals surface area contributed by atoms with E-state index in [4.69, 9.17) is 14.2 Å². The predicted molar refractivity (Wildman–Crippen MR) is 65.3 cm³/mol. The Hall–Kier alpha value is -1.10. The van der Waals surface area contributed by atoms with Crippen molar-refractivity contribution in [2.24, 2.45) is 0 Å². The molecule has 4 nitrogen and oxygen atoms in total. The number of ether oxygens (including phenoxy) is 3. The Balaban J connectivity index is 1.63. The van der Waals surface area contributed by atoms with Gasteiger partial charge in [0.05, 0.1) is 19.8 Å². The standard InChI is InChI=1S/C13H19NO3/c1-14-8-11-2-4-12(5-3-11)16-6-7-17-13-9-15-10-13/h2-5,13-14H,6-10H2,1H3. The summed E-state index contributed by atoms with van der Waals surface area (Å²) in [5.41, 5.74) is 1.25. The van der Waals surface area contributed by atoms with E-state index in [1.165, 1.54) is 5.56 Å². The first kappa shape index (κ1) is 12.4. The molecule has 0 spiro atoms. The Labute approximate surface area is 102 Å². The van der Waals surface area contributed by atoms with Crippen LogP contribution < -0.4 is 10.1 Å². The van der Waals surface area contributed by atoms with Gasteiger partial charge in [0.1, 0.15) is 18.5 Å². The van der Waals surface area contributed by atoms with E-state index in [-0.39, 0.29) is 6.10 Å². The maximum Gasteiger partial charge on any atom is 0.119 e. The van der Waals surface area contributed by atoms with E-state index in [0.29, 0.717) is 13.2 Å². The number of benzene rings is 1. The molecule has 0 aromatic heterocycles. The minimum absolute atomic E-state index is 0.275. The summed E-state index contributed by atoms with van der Waals surface area (Å²) in [6, 6.07) is 8.09. The molecule has 1 N–H and O–H groups in total. The van der Waals surface area contributed by atoms with Crippen molar-refractivity contribution >= 4 is 0 Å². The lowest BCUT2D eigenvalue weighted by molar-refractivity contribution is -0.132. The highest BCUT2D eigenvalue weighted by atomic mass is 16.6. The van der Waals surface area contributed by atoms with Gasteiger partial charge >= 0.3 is 0 Å². The molecule has 0 radical (unpaired) electrons. The van der Waals surface area contributed by atoms with Gasteiger partial charge in [0.25, 0.3) is 0 Å². The number of rotatable bonds is 7. The molecule has 0 unspecified atom stereocenters. The van der Waals surface area contributed by atoms with Crippen molar-refractivity contribution < 1.29 is 14.2 Å². The van der Waals surface area contributed by atoms with Gasteiger partial charge in [0.2, 0.25) is 0 Å². The van der Waals surface area contributed by atoms with Gasteiger partial charge in [-0.1, -0.05) is 12.1 Å². The summed E-state index contributed by atoms with van der Waals surface area (Å²) in [5.74, 6) is 0.887. The van der Waals surface area contributed by atoms with Gasteiger partial charge in [-0.3, -0.25) is 0 Å². The summed E-state index contributed by atoms with van der Waals surface area (Å²) < 4.78 is 16.1. The van der Waals surface area contributed by atoms with Crippen LogP contribution in [0.5, 0.6) is 5.75 Å². The molecule has 1 heterocycles. The monoisotopic (exact) mass is 237 g/mol. The molecule has 1 fully saturated rings. The van der Waals surface area contributed by atoms with Crippen LogP contribution in [-0.2, 0) is 16.0 Å². The van der Waals surface area contributed by atoms with Gasteiger partial charge in [-0.15, -0.1) is 0 Å². The summed E-state index contributed by atoms with van der Waals surface area (Å²) in [5, 5.41) is 3.11. The van der Waals surface area contributed by atoms with Gasteiger partial charge < -0.3 is 19.5 Å². The molecule has 2 rings (SSSR count). The first-order valence-corrected chi connectivity index (χ1v) is 5.94. The summed E-state index contributed by atoms with van der Waals surface area (Å²) in [6.45, 7) is 3.52. The average molecular weight is 237 g/mol. The van der Waals surface area contributed by atoms with Crippen LogP contribution >= 0.6 is 0 Å². The fourth-order valence-corrected chi connectivity index (χ4v) is 1.59. The lowest BCUT2D eigenvalue weighted by Gasteiger charge is -2.25. The van der Waals surface area contributed by atoms with Crippen molar-refractivity contribution in [2.45, 2.75) is 12.6 Å². The fraction of sp³-hybridized carbons (Fsp3) is 0.538. The molecule has 0 aliphatic carbocycles. The molecule has 0 bridgehead atoms. The average Bonchev–Trinajstić information content (AvgIpc) is 2.29. The third kappa shape index (κ3) is 4.00. The molecule has 0 saturated carbocycles. The highest BCUT2D eigenvalue weighted by molar-refractivity contribution is 5.27. The zero-order valence-electron chi connectivity index (χ0n) is 10.1. The van der Waals surface area contributed by atoms with Crippen LogP contribution in [0.2, 0.25) is 0 Å². The fourth-order valence-electron chi connectivity index (χ4n) is 1.59. The second-order valence-electron chi connectivity index (χ2n) is 4.05. The van der Waals surface area contributed by atoms with E-state index in [1.54, 1.807) is 0 Å². The van der Waals surface area contributed by atoms with Crippen LogP contribution in [0.3, 0.4) is 0 Å². The van der Waals surface area contributed by atoms with Crippen molar-refractivity contribution in [1.29, 1.82) is 0 Å². The van der Waals surface area contributed by atoms with Crippen molar-refractivity contribution in [3.63, 3.8) is 0 Å². The predicted octanol–water partition coefficient (Wildman–Crippen LogP) is 1.20. The number of hydrogen-bond acceptors (Lipinski definition) is 4. The molecule has 1 aliphatic rings. The summed E-state index contributed by atoms with van der Waals surface area (Å²) in [6.07, 6.45) is 0.275. The van der Waals surface area contributed by atoms with Gasteiger partial charge in [0.15, 0.2) is 0 Å². The number of nitrogens with one attached hydrogen (secondary N) is 1. The Morgan fingerprint density at radius 2 is 2.00 bits per heavy atom. The van der Waals surface area contributed by atoms with E-state index in [9.17, 15) is 0 Å². The Bertz CT molecular complexity index is 322. The summed E-state index contributed by atoms with van der Waals surface area (Å²) >= 11 is 0. The minimum Gasteiger partial charge on any atom is -0.491 e. The lowest BCUT2D eigenvalue weighted by Crippen LogP contribution is -2.37. The zero-order valence-corrected chi connectivity index (χ0v) is 10.1. The van der Waals surface area contributed by atoms with Gasteiger partial charge in [-0.2, -0.15) is 0 Å². The highest BCUT2D eigenvalue weighted by Gasteiger charge is 2.18. The zero-order chi connectivity index (χ0) is 11.9. The topological polar surface area (TPSA) is 39.7 Å². The molecule has 17 heavy (non-hydrogen) atoms. The molecule has 1 aliphatic heterocycles. The van der Waals surface area contributed by atoms with Crippen LogP contribution in [0.25, 0.3) is 0 Å². The SMILES string of the molecule is CNCc1ccc(OCCOC2COC2)cc1. The van der Waals surface area contributed by atoms with E-state index in [2.05, 4.69) is 17.4 Å². The highest BCUT2D eigenvalue weighted by Crippen LogP contribution is 2.12. The minimum atomic E-state index is 0.275. The van der Waals surface area contributed by atoms with Crippen molar-refractivity contribution in [1.82, 2.24) is 5.32 Å². The summed E-state index contributed by atoms with van der Waals surface area (Å²) in [4.78, 5) is 0. The molecule has 1 aromatic carbocycles. The largest absolute Gasteiger partial charge is 0.491 e. The van der Waals surface area contributed by atoms with Gasteiger partial charge in [-0.25, -0.2) is 0 Å². The lowest BCUT2D eigenvalue weighted by atomic mass is 10.2. The number of hydrogen-bond donors (Lipinski definition) is 1. The van der Waals surface area contributed by atoms with Gasteiger partial charge in [0, 0.05) is 6.54 Å². The Kier molecular flexibility index (Phi) is 4.79. The Morgan fingerprint density at radius 3 is 2.59 bits per heavy atom. The van der Waals surface area contributed by atoms with E-state index in [1.807, 2.05) is 19.2 Å². The van der Waals surface area contributed by atoms with Crippen LogP contribution in [0, 0.1) is 0 Å². The van der Waals surface area contributed by atoms with Crippen molar-refractivity contribution in [3.05, 3.63) is 29.8 Å². The molecule has 1 aromatic rings. The van der Waals surface area contributed by atoms with Crippen molar-refractivity contribution in [3.8, 4) is 5.75 Å². The van der Waals surface area contributed by atoms with Crippen molar-refractivity contribution in [2.75, 3.05) is 33.5 Å². The molecular weight excluding hydrogens is 218 g/mol. The van der Waals surface area contributed by atoms with Crippen LogP contribution in [-0.4, -0.2) is 39.6 Å². The molecule has 1 saturated heterocycles. The molecule has 0 atom stereocenters. The van der Waals surface area contributed by atoms with Crippen LogP contribution in [0.4, 0.5) is 0 Å². The smallest absolute Gasteiger partial charge is 0.119 e. The summed E-state index contributed by atoms with van der Waals surface area (Å²) in [7, 11) is 1.94. The molecule has 0 amide bonds. The van der Waals surface area contributed by atoms with Crippen LogP contribution in [0.15, 0.2) is 24.3 Å². The molecular formula is C13H19NO3. The third-order valence-electron chi connectivity index (χ3n) is 2.62. The normalized spacial score (nSPS) is 15.6. The maximum atomic E-state index is 5.57. The first-order chi connectivity index (χ1) is 8.38. The second-order valence-corrected chi connectivity index (χ2v) is 4.05. The first-order valence-electron chi connectivity index (χ1n) is 5.94. The van der Waals surface area contributed by atoms with Gasteiger partial charge in [-0.05, 0) is 24.7 Å². The second kappa shape index (κ2) is 6.59. The Morgan fingerprint density at radius 1 is 1.24 bits per heavy atom.